The Morgan fingerprint density at radius 3 is 2.30 bits per heavy atom. The van der Waals surface area contributed by atoms with Gasteiger partial charge in [-0.25, -0.2) is 17.8 Å². The van der Waals surface area contributed by atoms with E-state index >= 15 is 0 Å². The zero-order chi connectivity index (χ0) is 17.5. The molecule has 0 saturated carbocycles. The fourth-order valence-electron chi connectivity index (χ4n) is 1.84. The number of halogens is 4. The molecule has 1 N–H and O–H groups in total. The largest absolute Gasteiger partial charge is 0.353 e. The van der Waals surface area contributed by atoms with Gasteiger partial charge in [0.2, 0.25) is 10.0 Å². The van der Waals surface area contributed by atoms with E-state index in [1.807, 2.05) is 0 Å². The fraction of sp³-hybridized carbons (Fsp3) is 0.273. The van der Waals surface area contributed by atoms with Crippen molar-refractivity contribution < 1.29 is 8.42 Å². The van der Waals surface area contributed by atoms with Crippen LogP contribution in [-0.2, 0) is 10.0 Å². The number of hydrogen-bond donors (Lipinski definition) is 1. The first kappa shape index (κ1) is 18.4. The molecule has 0 aliphatic rings. The zero-order valence-electron chi connectivity index (χ0n) is 11.7. The molecule has 0 bridgehead atoms. The lowest BCUT2D eigenvalue weighted by molar-refractivity contribution is 0.607. The van der Waals surface area contributed by atoms with Crippen molar-refractivity contribution in [2.75, 3.05) is 11.0 Å². The molecule has 0 atom stereocenters. The van der Waals surface area contributed by atoms with Gasteiger partial charge in [-0.1, -0.05) is 46.4 Å². The number of rotatable bonds is 4. The van der Waals surface area contributed by atoms with Crippen LogP contribution in [0.5, 0.6) is 0 Å². The smallest absolute Gasteiger partial charge is 0.282 e. The molecule has 1 aromatic carbocycles. The molecule has 126 valence electrons. The molecule has 1 aromatic heterocycles. The first-order chi connectivity index (χ1) is 10.5. The van der Waals surface area contributed by atoms with Gasteiger partial charge in [-0.2, -0.15) is 9.78 Å². The van der Waals surface area contributed by atoms with Crippen molar-refractivity contribution in [2.45, 2.75) is 11.9 Å². The SMILES string of the molecule is Cc1nn(-c2cc(NS(C)(=O)=O)c(Cl)cc2Cl)c(=O)n1C(Cl)Cl. The summed E-state index contributed by atoms with van der Waals surface area (Å²) in [5.74, 6) is 0.258. The monoisotopic (exact) mass is 418 g/mol. The molecular weight excluding hydrogens is 410 g/mol. The maximum absolute atomic E-state index is 12.3. The third-order valence-corrected chi connectivity index (χ3v) is 4.33. The minimum absolute atomic E-state index is 0.0565. The van der Waals surface area contributed by atoms with Gasteiger partial charge in [0.1, 0.15) is 5.82 Å². The second-order valence-corrected chi connectivity index (χ2v) is 8.16. The van der Waals surface area contributed by atoms with Crippen LogP contribution >= 0.6 is 46.4 Å². The molecule has 0 aliphatic carbocycles. The zero-order valence-corrected chi connectivity index (χ0v) is 15.6. The van der Waals surface area contributed by atoms with Crippen molar-refractivity contribution in [1.82, 2.24) is 14.3 Å². The Labute approximate surface area is 151 Å². The second kappa shape index (κ2) is 6.52. The van der Waals surface area contributed by atoms with E-state index in [0.29, 0.717) is 0 Å². The number of anilines is 1. The molecular formula is C11H10Cl4N4O3S. The van der Waals surface area contributed by atoms with Crippen LogP contribution in [0.4, 0.5) is 5.69 Å². The van der Waals surface area contributed by atoms with Crippen molar-refractivity contribution in [3.63, 3.8) is 0 Å². The van der Waals surface area contributed by atoms with E-state index in [1.165, 1.54) is 19.1 Å². The number of aryl methyl sites for hydroxylation is 1. The molecule has 0 saturated heterocycles. The molecule has 23 heavy (non-hydrogen) atoms. The molecule has 0 unspecified atom stereocenters. The van der Waals surface area contributed by atoms with Gasteiger partial charge < -0.3 is 0 Å². The minimum atomic E-state index is -3.57. The molecule has 0 aliphatic heterocycles. The number of nitrogens with zero attached hydrogens (tertiary/aromatic N) is 3. The molecule has 12 heteroatoms. The third kappa shape index (κ3) is 3.95. The number of alkyl halides is 2. The van der Waals surface area contributed by atoms with Crippen molar-refractivity contribution in [3.05, 3.63) is 38.5 Å². The standard InChI is InChI=1S/C11H10Cl4N4O3S/c1-5-16-19(11(20)18(5)10(14)15)9-4-8(17-23(2,21)22)6(12)3-7(9)13/h3-4,10,17H,1-2H3. The molecule has 1 heterocycles. The van der Waals surface area contributed by atoms with E-state index in [4.69, 9.17) is 46.4 Å². The summed E-state index contributed by atoms with van der Waals surface area (Å²) >= 11 is 23.5. The van der Waals surface area contributed by atoms with E-state index in [1.54, 1.807) is 0 Å². The summed E-state index contributed by atoms with van der Waals surface area (Å²) in [5, 5.41) is 4.19. The van der Waals surface area contributed by atoms with Crippen molar-refractivity contribution >= 4 is 62.1 Å². The Bertz CT molecular complexity index is 920. The summed E-state index contributed by atoms with van der Waals surface area (Å²) in [4.78, 5) is 11.2. The van der Waals surface area contributed by atoms with Crippen molar-refractivity contribution in [2.24, 2.45) is 0 Å². The van der Waals surface area contributed by atoms with Gasteiger partial charge in [0.25, 0.3) is 0 Å². The quantitative estimate of drug-likeness (QED) is 0.771. The average Bonchev–Trinajstić information content (AvgIpc) is 2.66. The summed E-state index contributed by atoms with van der Waals surface area (Å²) in [6, 6.07) is 2.59. The van der Waals surface area contributed by atoms with Gasteiger partial charge in [0, 0.05) is 0 Å². The van der Waals surface area contributed by atoms with E-state index in [0.717, 1.165) is 15.5 Å². The van der Waals surface area contributed by atoms with Crippen LogP contribution in [0, 0.1) is 6.92 Å². The van der Waals surface area contributed by atoms with E-state index in [2.05, 4.69) is 9.82 Å². The lowest BCUT2D eigenvalue weighted by Gasteiger charge is -2.10. The Hall–Kier alpha value is -0.930. The molecule has 2 rings (SSSR count). The van der Waals surface area contributed by atoms with Gasteiger partial charge in [0.15, 0.2) is 4.96 Å². The first-order valence-electron chi connectivity index (χ1n) is 5.95. The van der Waals surface area contributed by atoms with Crippen LogP contribution in [0.1, 0.15) is 10.8 Å². The Morgan fingerprint density at radius 2 is 1.83 bits per heavy atom. The predicted octanol–water partition coefficient (Wildman–Crippen LogP) is 2.95. The van der Waals surface area contributed by atoms with E-state index in [9.17, 15) is 13.2 Å². The highest BCUT2D eigenvalue weighted by Crippen LogP contribution is 2.31. The summed E-state index contributed by atoms with van der Waals surface area (Å²) in [7, 11) is -3.57. The topological polar surface area (TPSA) is 86.0 Å². The predicted molar refractivity (Wildman–Crippen MR) is 91.8 cm³/mol. The van der Waals surface area contributed by atoms with Gasteiger partial charge in [-0.3, -0.25) is 4.72 Å². The van der Waals surface area contributed by atoms with Crippen LogP contribution in [-0.4, -0.2) is 29.0 Å². The Morgan fingerprint density at radius 1 is 1.22 bits per heavy atom. The highest BCUT2D eigenvalue weighted by Gasteiger charge is 2.19. The normalized spacial score (nSPS) is 12.0. The van der Waals surface area contributed by atoms with Crippen LogP contribution in [0.3, 0.4) is 0 Å². The Balaban J connectivity index is 2.68. The van der Waals surface area contributed by atoms with E-state index < -0.39 is 20.7 Å². The van der Waals surface area contributed by atoms with Crippen LogP contribution in [0.2, 0.25) is 10.0 Å². The Kier molecular flexibility index (Phi) is 5.22. The van der Waals surface area contributed by atoms with E-state index in [-0.39, 0.29) is 27.2 Å². The number of benzene rings is 1. The van der Waals surface area contributed by atoms with Gasteiger partial charge in [0.05, 0.1) is 27.7 Å². The molecule has 0 amide bonds. The van der Waals surface area contributed by atoms with Gasteiger partial charge in [-0.05, 0) is 19.1 Å². The average molecular weight is 420 g/mol. The lowest BCUT2D eigenvalue weighted by Crippen LogP contribution is -2.24. The van der Waals surface area contributed by atoms with Crippen LogP contribution in [0.15, 0.2) is 16.9 Å². The highest BCUT2D eigenvalue weighted by molar-refractivity contribution is 7.92. The maximum atomic E-state index is 12.3. The van der Waals surface area contributed by atoms with Crippen LogP contribution in [0.25, 0.3) is 5.69 Å². The number of sulfonamides is 1. The minimum Gasteiger partial charge on any atom is -0.282 e. The first-order valence-corrected chi connectivity index (χ1v) is 9.47. The summed E-state index contributed by atoms with van der Waals surface area (Å²) < 4.78 is 27.0. The van der Waals surface area contributed by atoms with Crippen LogP contribution < -0.4 is 10.4 Å². The molecule has 7 nitrogen and oxygen atoms in total. The number of hydrogen-bond acceptors (Lipinski definition) is 4. The number of nitrogens with one attached hydrogen (secondary N) is 1. The second-order valence-electron chi connectivity index (χ2n) is 4.55. The highest BCUT2D eigenvalue weighted by atomic mass is 35.5. The summed E-state index contributed by atoms with van der Waals surface area (Å²) in [6.07, 6.45) is 0.967. The summed E-state index contributed by atoms with van der Waals surface area (Å²) in [6.45, 7) is 1.54. The molecule has 0 radical (unpaired) electrons. The van der Waals surface area contributed by atoms with Gasteiger partial charge in [-0.15, -0.1) is 0 Å². The molecule has 2 aromatic rings. The maximum Gasteiger partial charge on any atom is 0.353 e. The third-order valence-electron chi connectivity index (χ3n) is 2.74. The molecule has 0 fully saturated rings. The lowest BCUT2D eigenvalue weighted by atomic mass is 10.3. The van der Waals surface area contributed by atoms with Crippen molar-refractivity contribution in [3.8, 4) is 5.69 Å². The van der Waals surface area contributed by atoms with Gasteiger partial charge >= 0.3 is 5.69 Å². The summed E-state index contributed by atoms with van der Waals surface area (Å²) in [5.41, 5.74) is -0.448. The fourth-order valence-corrected chi connectivity index (χ4v) is 3.42. The molecule has 0 spiro atoms. The number of aromatic nitrogens is 3. The van der Waals surface area contributed by atoms with Crippen molar-refractivity contribution in [1.29, 1.82) is 0 Å².